The number of nitrogens with two attached hydrogens (primary N) is 1. The minimum Gasteiger partial charge on any atom is -0.461 e. The van der Waals surface area contributed by atoms with Crippen LogP contribution in [0.5, 0.6) is 0 Å². The molecule has 1 heterocycles. The minimum absolute atomic E-state index is 0.00212. The van der Waals surface area contributed by atoms with Gasteiger partial charge in [-0.3, -0.25) is 0 Å². The second-order valence-electron chi connectivity index (χ2n) is 4.58. The van der Waals surface area contributed by atoms with Crippen molar-refractivity contribution in [3.63, 3.8) is 0 Å². The van der Waals surface area contributed by atoms with Gasteiger partial charge in [-0.15, -0.1) is 5.10 Å². The van der Waals surface area contributed by atoms with Gasteiger partial charge in [-0.05, 0) is 27.7 Å². The summed E-state index contributed by atoms with van der Waals surface area (Å²) >= 11 is 0. The van der Waals surface area contributed by atoms with Crippen molar-refractivity contribution in [1.29, 1.82) is 0 Å². The lowest BCUT2D eigenvalue weighted by Gasteiger charge is -2.18. The largest absolute Gasteiger partial charge is 0.461 e. The maximum Gasteiger partial charge on any atom is 0.359 e. The molecule has 0 spiro atoms. The summed E-state index contributed by atoms with van der Waals surface area (Å²) in [6.07, 6.45) is 0. The Kier molecular flexibility index (Phi) is 3.95. The number of esters is 2. The van der Waals surface area contributed by atoms with Crippen LogP contribution >= 0.6 is 0 Å². The lowest BCUT2D eigenvalue weighted by atomic mass is 10.2. The van der Waals surface area contributed by atoms with Crippen LogP contribution < -0.4 is 5.84 Å². The van der Waals surface area contributed by atoms with E-state index >= 15 is 0 Å². The van der Waals surface area contributed by atoms with E-state index in [9.17, 15) is 9.59 Å². The first kappa shape index (κ1) is 14.0. The van der Waals surface area contributed by atoms with E-state index in [4.69, 9.17) is 15.3 Å². The Labute approximate surface area is 105 Å². The minimum atomic E-state index is -0.641. The van der Waals surface area contributed by atoms with Crippen LogP contribution in [0.1, 0.15) is 48.7 Å². The van der Waals surface area contributed by atoms with Crippen LogP contribution in [0.3, 0.4) is 0 Å². The number of ether oxygens (including phenoxy) is 2. The summed E-state index contributed by atoms with van der Waals surface area (Å²) in [5.74, 6) is 4.19. The lowest BCUT2D eigenvalue weighted by molar-refractivity contribution is 0.00620. The molecule has 0 unspecified atom stereocenters. The lowest BCUT2D eigenvalue weighted by Crippen LogP contribution is -2.24. The van der Waals surface area contributed by atoms with Gasteiger partial charge in [0, 0.05) is 6.07 Å². The molecule has 1 rings (SSSR count). The molecule has 2 N–H and O–H groups in total. The van der Waals surface area contributed by atoms with E-state index in [-0.39, 0.29) is 18.0 Å². The van der Waals surface area contributed by atoms with Crippen molar-refractivity contribution < 1.29 is 19.1 Å². The van der Waals surface area contributed by atoms with E-state index in [2.05, 4.69) is 5.10 Å². The molecule has 1 aromatic rings. The van der Waals surface area contributed by atoms with Crippen LogP contribution in [-0.4, -0.2) is 34.0 Å². The van der Waals surface area contributed by atoms with Crippen LogP contribution in [0.2, 0.25) is 0 Å². The fourth-order valence-corrected chi connectivity index (χ4v) is 1.18. The Morgan fingerprint density at radius 2 is 2.00 bits per heavy atom. The molecule has 0 bridgehead atoms. The van der Waals surface area contributed by atoms with Crippen LogP contribution in [0.25, 0.3) is 0 Å². The molecular weight excluding hydrogens is 238 g/mol. The first-order valence-corrected chi connectivity index (χ1v) is 5.50. The zero-order valence-electron chi connectivity index (χ0n) is 10.9. The molecule has 0 aromatic carbocycles. The second-order valence-corrected chi connectivity index (χ2v) is 4.58. The summed E-state index contributed by atoms with van der Waals surface area (Å²) in [6, 6.07) is 1.24. The molecule has 0 fully saturated rings. The van der Waals surface area contributed by atoms with Crippen molar-refractivity contribution in [3.05, 3.63) is 17.5 Å². The number of nitrogens with zero attached hydrogens (tertiary/aromatic N) is 2. The smallest absolute Gasteiger partial charge is 0.359 e. The van der Waals surface area contributed by atoms with E-state index in [0.29, 0.717) is 0 Å². The van der Waals surface area contributed by atoms with Gasteiger partial charge in [-0.25, -0.2) is 9.59 Å². The van der Waals surface area contributed by atoms with E-state index in [1.165, 1.54) is 6.07 Å². The van der Waals surface area contributed by atoms with Crippen LogP contribution in [0.4, 0.5) is 0 Å². The summed E-state index contributed by atoms with van der Waals surface area (Å²) in [7, 11) is 0. The van der Waals surface area contributed by atoms with Gasteiger partial charge >= 0.3 is 11.9 Å². The molecular formula is C11H17N3O4. The average Bonchev–Trinajstić information content (AvgIpc) is 2.58. The van der Waals surface area contributed by atoms with Gasteiger partial charge in [0.05, 0.1) is 6.61 Å². The number of rotatable bonds is 3. The molecule has 7 nitrogen and oxygen atoms in total. The van der Waals surface area contributed by atoms with Gasteiger partial charge < -0.3 is 15.3 Å². The first-order valence-electron chi connectivity index (χ1n) is 5.50. The number of hydrogen-bond acceptors (Lipinski definition) is 6. The quantitative estimate of drug-likeness (QED) is 0.631. The van der Waals surface area contributed by atoms with Crippen molar-refractivity contribution in [2.24, 2.45) is 0 Å². The fourth-order valence-electron chi connectivity index (χ4n) is 1.18. The van der Waals surface area contributed by atoms with E-state index in [0.717, 1.165) is 4.79 Å². The summed E-state index contributed by atoms with van der Waals surface area (Å²) in [6.45, 7) is 7.08. The second kappa shape index (κ2) is 5.07. The predicted molar refractivity (Wildman–Crippen MR) is 63.5 cm³/mol. The van der Waals surface area contributed by atoms with Crippen molar-refractivity contribution in [3.8, 4) is 0 Å². The summed E-state index contributed by atoms with van der Waals surface area (Å²) in [5, 5.41) is 3.72. The number of hydrogen-bond donors (Lipinski definition) is 1. The number of carbonyl (C=O) groups is 2. The van der Waals surface area contributed by atoms with Crippen LogP contribution in [0, 0.1) is 0 Å². The van der Waals surface area contributed by atoms with Crippen LogP contribution in [0.15, 0.2) is 6.07 Å². The van der Waals surface area contributed by atoms with Crippen LogP contribution in [-0.2, 0) is 9.47 Å². The molecule has 1 aromatic heterocycles. The fraction of sp³-hybridized carbons (Fsp3) is 0.545. The van der Waals surface area contributed by atoms with Crippen molar-refractivity contribution in [1.82, 2.24) is 9.89 Å². The highest BCUT2D eigenvalue weighted by Crippen LogP contribution is 2.12. The Hall–Kier alpha value is -2.05. The van der Waals surface area contributed by atoms with E-state index in [1.54, 1.807) is 27.7 Å². The molecule has 0 saturated heterocycles. The van der Waals surface area contributed by atoms with Gasteiger partial charge in [0.2, 0.25) is 0 Å². The van der Waals surface area contributed by atoms with Gasteiger partial charge in [0.25, 0.3) is 0 Å². The van der Waals surface area contributed by atoms with Gasteiger partial charge in [-0.2, -0.15) is 4.79 Å². The van der Waals surface area contributed by atoms with Gasteiger partial charge in [0.1, 0.15) is 5.60 Å². The molecule has 18 heavy (non-hydrogen) atoms. The third-order valence-corrected chi connectivity index (χ3v) is 1.83. The van der Waals surface area contributed by atoms with E-state index < -0.39 is 17.5 Å². The molecule has 7 heteroatoms. The van der Waals surface area contributed by atoms with Crippen molar-refractivity contribution in [2.75, 3.05) is 12.4 Å². The number of aromatic nitrogens is 2. The molecule has 0 aliphatic heterocycles. The highest BCUT2D eigenvalue weighted by Gasteiger charge is 2.23. The molecule has 0 atom stereocenters. The summed E-state index contributed by atoms with van der Waals surface area (Å²) < 4.78 is 9.88. The van der Waals surface area contributed by atoms with Gasteiger partial charge in [-0.1, -0.05) is 0 Å². The monoisotopic (exact) mass is 255 g/mol. The highest BCUT2D eigenvalue weighted by atomic mass is 16.6. The first-order chi connectivity index (χ1) is 8.24. The third-order valence-electron chi connectivity index (χ3n) is 1.83. The Bertz CT molecular complexity index is 459. The number of carbonyl (C=O) groups excluding carboxylic acids is 2. The van der Waals surface area contributed by atoms with Crippen molar-refractivity contribution >= 4 is 11.9 Å². The maximum absolute atomic E-state index is 11.7. The Morgan fingerprint density at radius 3 is 2.50 bits per heavy atom. The topological polar surface area (TPSA) is 96.4 Å². The average molecular weight is 255 g/mol. The zero-order valence-corrected chi connectivity index (χ0v) is 10.9. The molecule has 0 aliphatic rings. The van der Waals surface area contributed by atoms with Gasteiger partial charge in [0.15, 0.2) is 11.4 Å². The molecule has 0 radical (unpaired) electrons. The predicted octanol–water partition coefficient (Wildman–Crippen LogP) is 0.729. The standard InChI is InChI=1S/C11H17N3O4/c1-5-17-10(16)8-6-7(13-14(8)12)9(15)18-11(2,3)4/h6H,5,12H2,1-4H3. The highest BCUT2D eigenvalue weighted by molar-refractivity contribution is 5.93. The Balaban J connectivity index is 2.90. The number of nitrogen functional groups attached to an aromatic ring is 1. The summed E-state index contributed by atoms with van der Waals surface area (Å²) in [4.78, 5) is 24.0. The molecule has 100 valence electrons. The SMILES string of the molecule is CCOC(=O)c1cc(C(=O)OC(C)(C)C)nn1N. The normalized spacial score (nSPS) is 11.1. The zero-order chi connectivity index (χ0) is 13.9. The summed E-state index contributed by atoms with van der Waals surface area (Å²) in [5.41, 5.74) is -0.673. The molecule has 0 aliphatic carbocycles. The molecule has 0 amide bonds. The molecule has 0 saturated carbocycles. The maximum atomic E-state index is 11.7. The van der Waals surface area contributed by atoms with E-state index in [1.807, 2.05) is 0 Å². The third kappa shape index (κ3) is 3.47. The van der Waals surface area contributed by atoms with Crippen molar-refractivity contribution in [2.45, 2.75) is 33.3 Å². The Morgan fingerprint density at radius 1 is 1.39 bits per heavy atom.